The van der Waals surface area contributed by atoms with E-state index in [0.29, 0.717) is 12.5 Å². The zero-order valence-corrected chi connectivity index (χ0v) is 14.3. The Morgan fingerprint density at radius 2 is 1.77 bits per heavy atom. The molecule has 1 saturated carbocycles. The number of alkyl halides is 3. The Morgan fingerprint density at radius 1 is 1.12 bits per heavy atom. The van der Waals surface area contributed by atoms with Crippen LogP contribution in [0.1, 0.15) is 37.7 Å². The van der Waals surface area contributed by atoms with Gasteiger partial charge in [-0.2, -0.15) is 13.2 Å². The number of benzene rings is 1. The second kappa shape index (κ2) is 9.56. The van der Waals surface area contributed by atoms with Crippen molar-refractivity contribution in [1.29, 1.82) is 0 Å². The number of carbonyl (C=O) groups is 2. The van der Waals surface area contributed by atoms with Gasteiger partial charge in [0.05, 0.1) is 13.0 Å². The summed E-state index contributed by atoms with van der Waals surface area (Å²) in [5.41, 5.74) is 0.943. The smallest absolute Gasteiger partial charge is 0.491 e. The topological polar surface area (TPSA) is 64.6 Å². The predicted octanol–water partition coefficient (Wildman–Crippen LogP) is 3.37. The van der Waals surface area contributed by atoms with E-state index in [-0.39, 0.29) is 13.0 Å². The number of hydrogen-bond acceptors (Lipinski definition) is 5. The fourth-order valence-corrected chi connectivity index (χ4v) is 2.73. The molecule has 5 nitrogen and oxygen atoms in total. The minimum Gasteiger partial charge on any atom is -0.493 e. The zero-order valence-electron chi connectivity index (χ0n) is 14.3. The first-order chi connectivity index (χ1) is 12.3. The zero-order chi connectivity index (χ0) is 19.0. The first kappa shape index (κ1) is 20.2. The van der Waals surface area contributed by atoms with Crippen LogP contribution >= 0.6 is 0 Å². The highest BCUT2D eigenvalue weighted by molar-refractivity contribution is 5.88. The van der Waals surface area contributed by atoms with Gasteiger partial charge in [-0.1, -0.05) is 25.0 Å². The molecule has 1 aromatic rings. The molecule has 8 heteroatoms. The summed E-state index contributed by atoms with van der Waals surface area (Å²) in [6, 6.07) is 7.48. The molecule has 1 fully saturated rings. The molecule has 0 atom stereocenters. The molecule has 0 radical (unpaired) electrons. The van der Waals surface area contributed by atoms with Crippen molar-refractivity contribution >= 4 is 11.9 Å². The van der Waals surface area contributed by atoms with E-state index in [1.165, 1.54) is 25.7 Å². The van der Waals surface area contributed by atoms with Crippen LogP contribution in [0.4, 0.5) is 13.2 Å². The third-order valence-corrected chi connectivity index (χ3v) is 4.16. The summed E-state index contributed by atoms with van der Waals surface area (Å²) in [7, 11) is 0. The van der Waals surface area contributed by atoms with E-state index in [1.807, 2.05) is 24.3 Å². The van der Waals surface area contributed by atoms with Gasteiger partial charge in [0.15, 0.2) is 0 Å². The molecule has 2 rings (SSSR count). The summed E-state index contributed by atoms with van der Waals surface area (Å²) in [6.07, 6.45) is -0.500. The summed E-state index contributed by atoms with van der Waals surface area (Å²) in [5, 5.41) is 2.91. The maximum atomic E-state index is 11.9. The highest BCUT2D eigenvalue weighted by atomic mass is 19.4. The van der Waals surface area contributed by atoms with Gasteiger partial charge in [0.25, 0.3) is 0 Å². The predicted molar refractivity (Wildman–Crippen MR) is 87.4 cm³/mol. The summed E-state index contributed by atoms with van der Waals surface area (Å²) in [5.74, 6) is -2.26. The third-order valence-electron chi connectivity index (χ3n) is 4.16. The highest BCUT2D eigenvalue weighted by Crippen LogP contribution is 2.25. The van der Waals surface area contributed by atoms with Gasteiger partial charge >= 0.3 is 18.1 Å². The van der Waals surface area contributed by atoms with E-state index in [1.54, 1.807) is 0 Å². The van der Waals surface area contributed by atoms with Gasteiger partial charge in [-0.05, 0) is 36.5 Å². The molecular formula is C18H22F3NO4. The maximum absolute atomic E-state index is 11.9. The van der Waals surface area contributed by atoms with Crippen LogP contribution in [0.3, 0.4) is 0 Å². The molecule has 0 aliphatic heterocycles. The first-order valence-electron chi connectivity index (χ1n) is 8.59. The van der Waals surface area contributed by atoms with Crippen molar-refractivity contribution in [1.82, 2.24) is 5.32 Å². The fraction of sp³-hybridized carbons (Fsp3) is 0.556. The number of nitrogens with one attached hydrogen (secondary N) is 1. The monoisotopic (exact) mass is 373 g/mol. The van der Waals surface area contributed by atoms with Crippen molar-refractivity contribution in [2.45, 2.75) is 44.8 Å². The number of carbonyl (C=O) groups excluding carboxylic acids is 2. The van der Waals surface area contributed by atoms with Crippen LogP contribution in [0.15, 0.2) is 24.3 Å². The van der Waals surface area contributed by atoms with Crippen molar-refractivity contribution in [2.24, 2.45) is 5.92 Å². The lowest BCUT2D eigenvalue weighted by atomic mass is 10.1. The standard InChI is InChI=1S/C18H22F3NO4/c19-18(20,21)17(24)26-16(23)9-10-22-11-13-5-7-15(8-6-13)25-12-14-3-1-2-4-14/h5-8,14,22H,1-4,9-12H2. The Kier molecular flexibility index (Phi) is 7.44. The summed E-state index contributed by atoms with van der Waals surface area (Å²) in [4.78, 5) is 21.6. The highest BCUT2D eigenvalue weighted by Gasteiger charge is 2.42. The second-order valence-corrected chi connectivity index (χ2v) is 6.29. The number of halogens is 3. The van der Waals surface area contributed by atoms with Crippen molar-refractivity contribution in [2.75, 3.05) is 13.2 Å². The van der Waals surface area contributed by atoms with E-state index in [4.69, 9.17) is 4.74 Å². The molecule has 0 amide bonds. The van der Waals surface area contributed by atoms with Gasteiger partial charge in [-0.25, -0.2) is 4.79 Å². The normalized spacial score (nSPS) is 15.0. The molecule has 144 valence electrons. The summed E-state index contributed by atoms with van der Waals surface area (Å²) >= 11 is 0. The van der Waals surface area contributed by atoms with Crippen molar-refractivity contribution in [3.8, 4) is 5.75 Å². The molecule has 0 bridgehead atoms. The lowest BCUT2D eigenvalue weighted by Gasteiger charge is -2.12. The average Bonchev–Trinajstić information content (AvgIpc) is 3.10. The number of hydrogen-bond donors (Lipinski definition) is 1. The van der Waals surface area contributed by atoms with Gasteiger partial charge in [0, 0.05) is 13.1 Å². The third kappa shape index (κ3) is 7.03. The molecule has 0 spiro atoms. The van der Waals surface area contributed by atoms with Gasteiger partial charge in [0.2, 0.25) is 0 Å². The molecule has 26 heavy (non-hydrogen) atoms. The molecule has 0 aromatic heterocycles. The minimum atomic E-state index is -5.16. The van der Waals surface area contributed by atoms with E-state index in [2.05, 4.69) is 10.1 Å². The van der Waals surface area contributed by atoms with E-state index in [0.717, 1.165) is 17.9 Å². The molecule has 0 saturated heterocycles. The number of ether oxygens (including phenoxy) is 2. The van der Waals surface area contributed by atoms with Crippen molar-refractivity contribution in [3.05, 3.63) is 29.8 Å². The van der Waals surface area contributed by atoms with Gasteiger partial charge < -0.3 is 14.8 Å². The van der Waals surface area contributed by atoms with E-state index < -0.39 is 18.1 Å². The van der Waals surface area contributed by atoms with Gasteiger partial charge in [-0.15, -0.1) is 0 Å². The second-order valence-electron chi connectivity index (χ2n) is 6.29. The largest absolute Gasteiger partial charge is 0.493 e. The Balaban J connectivity index is 1.62. The fourth-order valence-electron chi connectivity index (χ4n) is 2.73. The SMILES string of the molecule is O=C(CCNCc1ccc(OCC2CCCC2)cc1)OC(=O)C(F)(F)F. The Labute approximate surface area is 149 Å². The lowest BCUT2D eigenvalue weighted by Crippen LogP contribution is -2.29. The summed E-state index contributed by atoms with van der Waals surface area (Å²) < 4.78 is 45.3. The maximum Gasteiger partial charge on any atom is 0.491 e. The van der Waals surface area contributed by atoms with Crippen molar-refractivity contribution < 1.29 is 32.2 Å². The Hall–Kier alpha value is -2.09. The van der Waals surface area contributed by atoms with Crippen LogP contribution < -0.4 is 10.1 Å². The van der Waals surface area contributed by atoms with Crippen molar-refractivity contribution in [3.63, 3.8) is 0 Å². The first-order valence-corrected chi connectivity index (χ1v) is 8.59. The quantitative estimate of drug-likeness (QED) is 0.430. The van der Waals surface area contributed by atoms with Gasteiger partial charge in [0.1, 0.15) is 5.75 Å². The minimum absolute atomic E-state index is 0.101. The number of rotatable bonds is 8. The van der Waals surface area contributed by atoms with Crippen LogP contribution in [-0.4, -0.2) is 31.3 Å². The van der Waals surface area contributed by atoms with E-state index >= 15 is 0 Å². The average molecular weight is 373 g/mol. The van der Waals surface area contributed by atoms with Gasteiger partial charge in [-0.3, -0.25) is 4.79 Å². The van der Waals surface area contributed by atoms with Crippen LogP contribution in [-0.2, 0) is 20.9 Å². The molecule has 1 N–H and O–H groups in total. The van der Waals surface area contributed by atoms with Crippen LogP contribution in [0, 0.1) is 5.92 Å². The molecule has 0 unspecified atom stereocenters. The van der Waals surface area contributed by atoms with Crippen LogP contribution in [0.2, 0.25) is 0 Å². The Morgan fingerprint density at radius 3 is 2.38 bits per heavy atom. The molecule has 1 aliphatic carbocycles. The number of esters is 2. The van der Waals surface area contributed by atoms with Crippen LogP contribution in [0.5, 0.6) is 5.75 Å². The molecule has 1 aliphatic rings. The molecule has 0 heterocycles. The molecule has 1 aromatic carbocycles. The molecular weight excluding hydrogens is 351 g/mol. The summed E-state index contributed by atoms with van der Waals surface area (Å²) in [6.45, 7) is 1.27. The van der Waals surface area contributed by atoms with E-state index in [9.17, 15) is 22.8 Å². The Bertz CT molecular complexity index is 595. The van der Waals surface area contributed by atoms with Crippen LogP contribution in [0.25, 0.3) is 0 Å². The lowest BCUT2D eigenvalue weighted by molar-refractivity contribution is -0.201.